The number of anilines is 1. The molecule has 0 bridgehead atoms. The predicted molar refractivity (Wildman–Crippen MR) is 112 cm³/mol. The molecule has 0 radical (unpaired) electrons. The molecule has 2 aromatic rings. The fourth-order valence-corrected chi connectivity index (χ4v) is 3.58. The number of aromatic nitrogens is 1. The SMILES string of the molecule is CCCCCN=C1NN=C(c2ccccc2)C(C(=O)Nc2cccnc2)S1. The fourth-order valence-electron chi connectivity index (χ4n) is 2.62. The second-order valence-electron chi connectivity index (χ2n) is 6.10. The minimum absolute atomic E-state index is 0.140. The zero-order valence-corrected chi connectivity index (χ0v) is 16.1. The topological polar surface area (TPSA) is 78.7 Å². The Hall–Kier alpha value is -2.67. The zero-order chi connectivity index (χ0) is 18.9. The van der Waals surface area contributed by atoms with Gasteiger partial charge in [-0.2, -0.15) is 5.10 Å². The van der Waals surface area contributed by atoms with E-state index in [2.05, 4.69) is 32.7 Å². The third-order valence-electron chi connectivity index (χ3n) is 4.00. The molecule has 140 valence electrons. The van der Waals surface area contributed by atoms with Gasteiger partial charge in [0.1, 0.15) is 5.25 Å². The number of hydrogen-bond acceptors (Lipinski definition) is 5. The lowest BCUT2D eigenvalue weighted by Gasteiger charge is -2.23. The molecule has 0 fully saturated rings. The molecule has 1 unspecified atom stereocenters. The number of carbonyl (C=O) groups is 1. The van der Waals surface area contributed by atoms with Gasteiger partial charge >= 0.3 is 0 Å². The van der Waals surface area contributed by atoms with E-state index in [-0.39, 0.29) is 5.91 Å². The lowest BCUT2D eigenvalue weighted by molar-refractivity contribution is -0.114. The number of pyridine rings is 1. The van der Waals surface area contributed by atoms with Crippen LogP contribution in [0, 0.1) is 0 Å². The van der Waals surface area contributed by atoms with Gasteiger partial charge in [0.25, 0.3) is 0 Å². The number of nitrogens with one attached hydrogen (secondary N) is 2. The van der Waals surface area contributed by atoms with Crippen molar-refractivity contribution < 1.29 is 4.79 Å². The van der Waals surface area contributed by atoms with Crippen LogP contribution in [0.4, 0.5) is 5.69 Å². The third kappa shape index (κ3) is 5.40. The van der Waals surface area contributed by atoms with Gasteiger partial charge in [0.05, 0.1) is 17.6 Å². The highest BCUT2D eigenvalue weighted by atomic mass is 32.2. The molecule has 3 rings (SSSR count). The van der Waals surface area contributed by atoms with E-state index in [9.17, 15) is 4.79 Å². The molecule has 1 aromatic heterocycles. The number of benzene rings is 1. The van der Waals surface area contributed by atoms with E-state index in [1.807, 2.05) is 36.4 Å². The van der Waals surface area contributed by atoms with E-state index in [0.29, 0.717) is 16.6 Å². The van der Waals surface area contributed by atoms with Crippen LogP contribution in [0.5, 0.6) is 0 Å². The average Bonchev–Trinajstić information content (AvgIpc) is 2.72. The summed E-state index contributed by atoms with van der Waals surface area (Å²) in [6.07, 6.45) is 6.63. The first-order chi connectivity index (χ1) is 13.3. The second kappa shape index (κ2) is 9.87. The fraction of sp³-hybridized carbons (Fsp3) is 0.300. The number of rotatable bonds is 7. The molecular formula is C20H23N5OS. The molecule has 1 amide bonds. The Bertz CT molecular complexity index is 808. The van der Waals surface area contributed by atoms with Crippen LogP contribution < -0.4 is 10.7 Å². The summed E-state index contributed by atoms with van der Waals surface area (Å²) in [5.41, 5.74) is 5.26. The highest BCUT2D eigenvalue weighted by Crippen LogP contribution is 2.24. The molecule has 6 nitrogen and oxygen atoms in total. The van der Waals surface area contributed by atoms with E-state index in [1.54, 1.807) is 18.5 Å². The number of nitrogens with zero attached hydrogens (tertiary/aromatic N) is 3. The highest BCUT2D eigenvalue weighted by molar-refractivity contribution is 8.15. The van der Waals surface area contributed by atoms with Crippen molar-refractivity contribution in [3.05, 3.63) is 60.4 Å². The number of hydrogen-bond donors (Lipinski definition) is 2. The smallest absolute Gasteiger partial charge is 0.244 e. The van der Waals surface area contributed by atoms with E-state index in [4.69, 9.17) is 0 Å². The van der Waals surface area contributed by atoms with Crippen LogP contribution in [-0.2, 0) is 4.79 Å². The number of amidine groups is 1. The number of aliphatic imine (C=N–C) groups is 1. The maximum atomic E-state index is 12.9. The lowest BCUT2D eigenvalue weighted by atomic mass is 10.1. The van der Waals surface area contributed by atoms with Gasteiger partial charge in [-0.15, -0.1) is 0 Å². The first-order valence-corrected chi connectivity index (χ1v) is 9.97. The minimum atomic E-state index is -0.487. The molecule has 0 aliphatic carbocycles. The zero-order valence-electron chi connectivity index (χ0n) is 15.3. The molecule has 0 saturated heterocycles. The van der Waals surface area contributed by atoms with E-state index >= 15 is 0 Å². The van der Waals surface area contributed by atoms with Crippen LogP contribution in [0.15, 0.2) is 65.0 Å². The minimum Gasteiger partial charge on any atom is -0.323 e. The Morgan fingerprint density at radius 2 is 2.07 bits per heavy atom. The number of carbonyl (C=O) groups excluding carboxylic acids is 1. The molecule has 1 atom stereocenters. The lowest BCUT2D eigenvalue weighted by Crippen LogP contribution is -2.40. The highest BCUT2D eigenvalue weighted by Gasteiger charge is 2.31. The quantitative estimate of drug-likeness (QED) is 0.717. The van der Waals surface area contributed by atoms with Crippen molar-refractivity contribution in [2.75, 3.05) is 11.9 Å². The monoisotopic (exact) mass is 381 g/mol. The number of unbranched alkanes of at least 4 members (excludes halogenated alkanes) is 2. The van der Waals surface area contributed by atoms with Crippen LogP contribution >= 0.6 is 11.8 Å². The first kappa shape index (κ1) is 19.1. The van der Waals surface area contributed by atoms with Crippen molar-refractivity contribution in [1.29, 1.82) is 0 Å². The summed E-state index contributed by atoms with van der Waals surface area (Å²) in [6.45, 7) is 2.90. The van der Waals surface area contributed by atoms with Crippen molar-refractivity contribution in [3.63, 3.8) is 0 Å². The third-order valence-corrected chi connectivity index (χ3v) is 5.12. The Morgan fingerprint density at radius 3 is 2.81 bits per heavy atom. The maximum Gasteiger partial charge on any atom is 0.244 e. The van der Waals surface area contributed by atoms with Crippen molar-refractivity contribution in [3.8, 4) is 0 Å². The molecule has 1 aromatic carbocycles. The summed E-state index contributed by atoms with van der Waals surface area (Å²) < 4.78 is 0. The van der Waals surface area contributed by atoms with Gasteiger partial charge in [0.2, 0.25) is 5.91 Å². The van der Waals surface area contributed by atoms with Gasteiger partial charge in [-0.05, 0) is 24.1 Å². The van der Waals surface area contributed by atoms with Gasteiger partial charge in [-0.3, -0.25) is 20.2 Å². The van der Waals surface area contributed by atoms with Gasteiger partial charge in [0, 0.05) is 12.7 Å². The molecule has 0 spiro atoms. The van der Waals surface area contributed by atoms with Gasteiger partial charge in [-0.1, -0.05) is 61.9 Å². The average molecular weight is 382 g/mol. The molecule has 0 saturated carbocycles. The summed E-state index contributed by atoms with van der Waals surface area (Å²) in [7, 11) is 0. The molecular weight excluding hydrogens is 358 g/mol. The van der Waals surface area contributed by atoms with Crippen molar-refractivity contribution in [2.24, 2.45) is 10.1 Å². The van der Waals surface area contributed by atoms with Gasteiger partial charge in [0.15, 0.2) is 5.17 Å². The predicted octanol–water partition coefficient (Wildman–Crippen LogP) is 3.68. The summed E-state index contributed by atoms with van der Waals surface area (Å²) in [5.74, 6) is -0.140. The van der Waals surface area contributed by atoms with Crippen molar-refractivity contribution >= 4 is 34.2 Å². The first-order valence-electron chi connectivity index (χ1n) is 9.09. The number of amides is 1. The van der Waals surface area contributed by atoms with Gasteiger partial charge in [-0.25, -0.2) is 0 Å². The molecule has 2 heterocycles. The Balaban J connectivity index is 1.80. The van der Waals surface area contributed by atoms with Crippen LogP contribution in [0.25, 0.3) is 0 Å². The number of hydrazone groups is 1. The second-order valence-corrected chi connectivity index (χ2v) is 7.19. The Morgan fingerprint density at radius 1 is 1.22 bits per heavy atom. The largest absolute Gasteiger partial charge is 0.323 e. The summed E-state index contributed by atoms with van der Waals surface area (Å²) in [4.78, 5) is 21.6. The molecule has 1 aliphatic heterocycles. The molecule has 2 N–H and O–H groups in total. The summed E-state index contributed by atoms with van der Waals surface area (Å²) in [6, 6.07) is 13.3. The van der Waals surface area contributed by atoms with Crippen molar-refractivity contribution in [2.45, 2.75) is 31.4 Å². The Labute approximate surface area is 163 Å². The number of thioether (sulfide) groups is 1. The van der Waals surface area contributed by atoms with Crippen LogP contribution in [-0.4, -0.2) is 33.6 Å². The van der Waals surface area contributed by atoms with Crippen LogP contribution in [0.3, 0.4) is 0 Å². The molecule has 27 heavy (non-hydrogen) atoms. The van der Waals surface area contributed by atoms with E-state index in [0.717, 1.165) is 31.4 Å². The van der Waals surface area contributed by atoms with Crippen molar-refractivity contribution in [1.82, 2.24) is 10.4 Å². The van der Waals surface area contributed by atoms with Gasteiger partial charge < -0.3 is 5.32 Å². The van der Waals surface area contributed by atoms with E-state index in [1.165, 1.54) is 11.8 Å². The van der Waals surface area contributed by atoms with E-state index < -0.39 is 5.25 Å². The Kier molecular flexibility index (Phi) is 6.98. The summed E-state index contributed by atoms with van der Waals surface area (Å²) in [5, 5.41) is 7.58. The molecule has 7 heteroatoms. The van der Waals surface area contributed by atoms with Crippen LogP contribution in [0.1, 0.15) is 31.7 Å². The van der Waals surface area contributed by atoms with Crippen LogP contribution in [0.2, 0.25) is 0 Å². The standard InChI is InChI=1S/C20H23N5OS/c1-2-3-7-13-22-20-25-24-17(15-9-5-4-6-10-15)18(27-20)19(26)23-16-11-8-12-21-14-16/h4-6,8-12,14,18H,2-3,7,13H2,1H3,(H,22,25)(H,23,26). The summed E-state index contributed by atoms with van der Waals surface area (Å²) >= 11 is 1.40. The normalized spacial score (nSPS) is 17.9. The maximum absolute atomic E-state index is 12.9. The molecule has 1 aliphatic rings.